The lowest BCUT2D eigenvalue weighted by Gasteiger charge is -2.12. The van der Waals surface area contributed by atoms with Crippen LogP contribution < -0.4 is 11.3 Å². The zero-order valence-electron chi connectivity index (χ0n) is 9.58. The van der Waals surface area contributed by atoms with E-state index in [2.05, 4.69) is 33.6 Å². The summed E-state index contributed by atoms with van der Waals surface area (Å²) in [6.07, 6.45) is 5.06. The van der Waals surface area contributed by atoms with Crippen molar-refractivity contribution in [3.8, 4) is 0 Å². The Hall–Kier alpha value is -1.82. The Morgan fingerprint density at radius 2 is 2.11 bits per heavy atom. The summed E-state index contributed by atoms with van der Waals surface area (Å²) in [5.74, 6) is 5.65. The van der Waals surface area contributed by atoms with E-state index in [9.17, 15) is 0 Å². The molecule has 1 atom stereocenters. The molecule has 4 nitrogen and oxygen atoms in total. The van der Waals surface area contributed by atoms with Gasteiger partial charge in [-0.25, -0.2) is 5.43 Å². The van der Waals surface area contributed by atoms with Crippen LogP contribution in [0.5, 0.6) is 0 Å². The molecule has 0 fully saturated rings. The first-order chi connectivity index (χ1) is 8.88. The highest BCUT2D eigenvalue weighted by molar-refractivity contribution is 7.19. The van der Waals surface area contributed by atoms with Crippen LogP contribution in [0.3, 0.4) is 0 Å². The van der Waals surface area contributed by atoms with Crippen molar-refractivity contribution in [3.63, 3.8) is 0 Å². The Morgan fingerprint density at radius 1 is 1.22 bits per heavy atom. The number of hydrazine groups is 1. The zero-order chi connectivity index (χ0) is 12.4. The lowest BCUT2D eigenvalue weighted by Crippen LogP contribution is -2.28. The summed E-state index contributed by atoms with van der Waals surface area (Å²) in [5.41, 5.74) is 3.63. The summed E-state index contributed by atoms with van der Waals surface area (Å²) in [7, 11) is 0. The molecule has 0 aliphatic carbocycles. The van der Waals surface area contributed by atoms with Crippen molar-refractivity contribution in [3.05, 3.63) is 59.5 Å². The topological polar surface area (TPSA) is 63.8 Å². The quantitative estimate of drug-likeness (QED) is 0.557. The van der Waals surface area contributed by atoms with Crippen LogP contribution in [0.4, 0.5) is 0 Å². The van der Waals surface area contributed by atoms with Gasteiger partial charge in [-0.15, -0.1) is 11.3 Å². The molecule has 2 heterocycles. The number of aromatic nitrogens is 2. The van der Waals surface area contributed by atoms with Crippen LogP contribution in [0.2, 0.25) is 0 Å². The molecule has 0 aliphatic heterocycles. The Balaban J connectivity index is 2.06. The summed E-state index contributed by atoms with van der Waals surface area (Å²) in [4.78, 5) is 9.52. The molecular formula is C13H12N4S. The molecule has 0 saturated heterocycles. The first-order valence-corrected chi connectivity index (χ1v) is 6.40. The van der Waals surface area contributed by atoms with Gasteiger partial charge in [-0.1, -0.05) is 18.2 Å². The van der Waals surface area contributed by atoms with E-state index in [-0.39, 0.29) is 6.04 Å². The Bertz CT molecular complexity index is 617. The second-order valence-electron chi connectivity index (χ2n) is 3.92. The molecule has 0 spiro atoms. The van der Waals surface area contributed by atoms with Gasteiger partial charge in [0.15, 0.2) is 0 Å². The van der Waals surface area contributed by atoms with Gasteiger partial charge in [0.05, 0.1) is 17.9 Å². The third-order valence-corrected chi connectivity index (χ3v) is 3.96. The molecule has 1 aromatic carbocycles. The van der Waals surface area contributed by atoms with Crippen molar-refractivity contribution < 1.29 is 0 Å². The average Bonchev–Trinajstić information content (AvgIpc) is 2.84. The first kappa shape index (κ1) is 11.3. The summed E-state index contributed by atoms with van der Waals surface area (Å²) in [5, 5.41) is 1.22. The van der Waals surface area contributed by atoms with Crippen LogP contribution in [0.25, 0.3) is 10.1 Å². The van der Waals surface area contributed by atoms with E-state index in [1.807, 2.05) is 12.1 Å². The van der Waals surface area contributed by atoms with Crippen LogP contribution in [-0.2, 0) is 0 Å². The predicted octanol–water partition coefficient (Wildman–Crippen LogP) is 2.24. The van der Waals surface area contributed by atoms with Gasteiger partial charge in [0, 0.05) is 22.0 Å². The maximum Gasteiger partial charge on any atom is 0.0989 e. The lowest BCUT2D eigenvalue weighted by atomic mass is 10.1. The summed E-state index contributed by atoms with van der Waals surface area (Å²) in [6, 6.07) is 10.3. The maximum atomic E-state index is 5.65. The molecular weight excluding hydrogens is 244 g/mol. The number of rotatable bonds is 3. The van der Waals surface area contributed by atoms with Crippen molar-refractivity contribution in [2.45, 2.75) is 6.04 Å². The average molecular weight is 256 g/mol. The molecule has 0 radical (unpaired) electrons. The van der Waals surface area contributed by atoms with Gasteiger partial charge in [0.1, 0.15) is 0 Å². The van der Waals surface area contributed by atoms with Gasteiger partial charge in [-0.2, -0.15) is 0 Å². The molecule has 0 bridgehead atoms. The number of fused-ring (bicyclic) bond motifs is 1. The fourth-order valence-electron chi connectivity index (χ4n) is 1.92. The highest BCUT2D eigenvalue weighted by Crippen LogP contribution is 2.31. The zero-order valence-corrected chi connectivity index (χ0v) is 10.4. The standard InChI is InChI=1S/C13H12N4S/c14-17-13(10-8-15-5-6-16-10)12-7-9-3-1-2-4-11(9)18-12/h1-8,13,17H,14H2. The van der Waals surface area contributed by atoms with Gasteiger partial charge < -0.3 is 0 Å². The molecule has 0 aliphatic rings. The third kappa shape index (κ3) is 1.99. The molecule has 0 amide bonds. The first-order valence-electron chi connectivity index (χ1n) is 5.59. The maximum absolute atomic E-state index is 5.65. The Labute approximate surface area is 108 Å². The minimum atomic E-state index is -0.115. The second kappa shape index (κ2) is 4.81. The van der Waals surface area contributed by atoms with Gasteiger partial charge in [0.25, 0.3) is 0 Å². The van der Waals surface area contributed by atoms with Crippen molar-refractivity contribution in [2.75, 3.05) is 0 Å². The van der Waals surface area contributed by atoms with Gasteiger partial charge in [-0.3, -0.25) is 15.8 Å². The number of nitrogens with one attached hydrogen (secondary N) is 1. The fourth-order valence-corrected chi connectivity index (χ4v) is 3.06. The van der Waals surface area contributed by atoms with Crippen molar-refractivity contribution in [2.24, 2.45) is 5.84 Å². The largest absolute Gasteiger partial charge is 0.270 e. The molecule has 2 aromatic heterocycles. The highest BCUT2D eigenvalue weighted by Gasteiger charge is 2.16. The fraction of sp³-hybridized carbons (Fsp3) is 0.0769. The number of nitrogens with two attached hydrogens (primary N) is 1. The van der Waals surface area contributed by atoms with Crippen molar-refractivity contribution >= 4 is 21.4 Å². The van der Waals surface area contributed by atoms with Crippen LogP contribution >= 0.6 is 11.3 Å². The molecule has 0 saturated carbocycles. The smallest absolute Gasteiger partial charge is 0.0989 e. The number of nitrogens with zero attached hydrogens (tertiary/aromatic N) is 2. The minimum absolute atomic E-state index is 0.115. The van der Waals surface area contributed by atoms with Crippen molar-refractivity contribution in [1.29, 1.82) is 0 Å². The number of hydrogen-bond donors (Lipinski definition) is 2. The van der Waals surface area contributed by atoms with E-state index in [1.165, 1.54) is 10.1 Å². The van der Waals surface area contributed by atoms with Crippen LogP contribution in [0.1, 0.15) is 16.6 Å². The van der Waals surface area contributed by atoms with Gasteiger partial charge in [0.2, 0.25) is 0 Å². The normalized spacial score (nSPS) is 12.7. The molecule has 18 heavy (non-hydrogen) atoms. The predicted molar refractivity (Wildman–Crippen MR) is 73.0 cm³/mol. The lowest BCUT2D eigenvalue weighted by molar-refractivity contribution is 0.627. The minimum Gasteiger partial charge on any atom is -0.270 e. The molecule has 3 aromatic rings. The van der Waals surface area contributed by atoms with Crippen LogP contribution in [0.15, 0.2) is 48.9 Å². The van der Waals surface area contributed by atoms with Gasteiger partial charge >= 0.3 is 0 Å². The Morgan fingerprint density at radius 3 is 2.83 bits per heavy atom. The molecule has 90 valence electrons. The van der Waals surface area contributed by atoms with E-state index >= 15 is 0 Å². The number of hydrogen-bond acceptors (Lipinski definition) is 5. The third-order valence-electron chi connectivity index (χ3n) is 2.77. The Kier molecular flexibility index (Phi) is 3.02. The number of benzene rings is 1. The van der Waals surface area contributed by atoms with E-state index in [4.69, 9.17) is 5.84 Å². The summed E-state index contributed by atoms with van der Waals surface area (Å²) < 4.78 is 1.25. The van der Waals surface area contributed by atoms with Crippen molar-refractivity contribution in [1.82, 2.24) is 15.4 Å². The summed E-state index contributed by atoms with van der Waals surface area (Å²) in [6.45, 7) is 0. The van der Waals surface area contributed by atoms with E-state index < -0.39 is 0 Å². The summed E-state index contributed by atoms with van der Waals surface area (Å²) >= 11 is 1.71. The SMILES string of the molecule is NNC(c1cnccn1)c1cc2ccccc2s1. The van der Waals surface area contributed by atoms with E-state index in [1.54, 1.807) is 29.9 Å². The monoisotopic (exact) mass is 256 g/mol. The van der Waals surface area contributed by atoms with E-state index in [0.717, 1.165) is 10.6 Å². The second-order valence-corrected chi connectivity index (χ2v) is 5.03. The molecule has 3 rings (SSSR count). The highest BCUT2D eigenvalue weighted by atomic mass is 32.1. The van der Waals surface area contributed by atoms with Crippen LogP contribution in [0, 0.1) is 0 Å². The van der Waals surface area contributed by atoms with Crippen LogP contribution in [-0.4, -0.2) is 9.97 Å². The molecule has 5 heteroatoms. The van der Waals surface area contributed by atoms with E-state index in [0.29, 0.717) is 0 Å². The van der Waals surface area contributed by atoms with Gasteiger partial charge in [-0.05, 0) is 17.5 Å². The molecule has 3 N–H and O–H groups in total. The number of thiophene rings is 1. The molecule has 1 unspecified atom stereocenters.